The summed E-state index contributed by atoms with van der Waals surface area (Å²) in [5.74, 6) is -0.500. The molecule has 2 atom stereocenters. The van der Waals surface area contributed by atoms with Gasteiger partial charge in [0.1, 0.15) is 6.04 Å². The van der Waals surface area contributed by atoms with Crippen LogP contribution in [0.1, 0.15) is 25.7 Å². The predicted octanol–water partition coefficient (Wildman–Crippen LogP) is -0.318. The number of amides is 1. The van der Waals surface area contributed by atoms with Crippen LogP contribution in [0.5, 0.6) is 0 Å². The molecule has 2 unspecified atom stereocenters. The summed E-state index contributed by atoms with van der Waals surface area (Å²) in [4.78, 5) is 34.5. The molecule has 0 aromatic carbocycles. The first-order valence-electron chi connectivity index (χ1n) is 8.65. The molecule has 0 radical (unpaired) electrons. The average molecular weight is 382 g/mol. The highest BCUT2D eigenvalue weighted by Gasteiger charge is 2.33. The lowest BCUT2D eigenvalue weighted by Gasteiger charge is -2.33. The van der Waals surface area contributed by atoms with Crippen LogP contribution >= 0.6 is 0 Å². The monoisotopic (exact) mass is 382 g/mol. The number of ether oxygens (including phenoxy) is 1. The Kier molecular flexibility index (Phi) is 5.70. The van der Waals surface area contributed by atoms with E-state index < -0.39 is 40.4 Å². The number of esters is 1. The van der Waals surface area contributed by atoms with Gasteiger partial charge in [-0.3, -0.25) is 4.79 Å². The molecule has 2 fully saturated rings. The van der Waals surface area contributed by atoms with Crippen LogP contribution in [0.3, 0.4) is 0 Å². The van der Waals surface area contributed by atoms with Gasteiger partial charge in [-0.25, -0.2) is 23.2 Å². The molecule has 1 aromatic heterocycles. The fourth-order valence-electron chi connectivity index (χ4n) is 3.27. The van der Waals surface area contributed by atoms with Crippen LogP contribution in [-0.4, -0.2) is 67.0 Å². The number of carbonyl (C=O) groups is 2. The Morgan fingerprint density at radius 3 is 2.69 bits per heavy atom. The van der Waals surface area contributed by atoms with Gasteiger partial charge in [0.05, 0.1) is 11.5 Å². The predicted molar refractivity (Wildman–Crippen MR) is 93.2 cm³/mol. The van der Waals surface area contributed by atoms with Crippen molar-refractivity contribution in [3.8, 4) is 0 Å². The summed E-state index contributed by atoms with van der Waals surface area (Å²) in [6.07, 6.45) is 6.04. The van der Waals surface area contributed by atoms with Crippen molar-refractivity contribution in [3.05, 3.63) is 18.5 Å². The summed E-state index contributed by atoms with van der Waals surface area (Å²) in [5.41, 5.74) is 0. The van der Waals surface area contributed by atoms with Crippen molar-refractivity contribution in [3.63, 3.8) is 0 Å². The zero-order valence-corrected chi connectivity index (χ0v) is 15.2. The van der Waals surface area contributed by atoms with Crippen molar-refractivity contribution in [1.82, 2.24) is 15.3 Å². The smallest absolute Gasteiger partial charge is 0.329 e. The van der Waals surface area contributed by atoms with Gasteiger partial charge in [-0.2, -0.15) is 0 Å². The number of sulfone groups is 1. The Bertz CT molecular complexity index is 755. The van der Waals surface area contributed by atoms with Crippen LogP contribution in [0, 0.1) is 0 Å². The normalized spacial score (nSPS) is 24.8. The highest BCUT2D eigenvalue weighted by Crippen LogP contribution is 2.22. The van der Waals surface area contributed by atoms with Crippen LogP contribution in [0.2, 0.25) is 0 Å². The molecule has 3 heterocycles. The van der Waals surface area contributed by atoms with Gasteiger partial charge >= 0.3 is 5.97 Å². The largest absolute Gasteiger partial charge is 0.454 e. The SMILES string of the molecule is O=C(COC(=O)C1CCCCN1c1ncccn1)NC1CCS(=O)(=O)C1. The lowest BCUT2D eigenvalue weighted by Crippen LogP contribution is -2.47. The average Bonchev–Trinajstić information content (AvgIpc) is 2.98. The highest BCUT2D eigenvalue weighted by atomic mass is 32.2. The zero-order valence-electron chi connectivity index (χ0n) is 14.3. The first-order chi connectivity index (χ1) is 12.4. The fraction of sp³-hybridized carbons (Fsp3) is 0.625. The molecule has 0 spiro atoms. The second kappa shape index (κ2) is 7.98. The number of hydrogen-bond acceptors (Lipinski definition) is 8. The Morgan fingerprint density at radius 1 is 1.23 bits per heavy atom. The van der Waals surface area contributed by atoms with Crippen molar-refractivity contribution >= 4 is 27.7 Å². The molecule has 9 nitrogen and oxygen atoms in total. The van der Waals surface area contributed by atoms with Gasteiger partial charge in [0.2, 0.25) is 5.95 Å². The summed E-state index contributed by atoms with van der Waals surface area (Å²) in [6.45, 7) is 0.227. The van der Waals surface area contributed by atoms with Crippen molar-refractivity contribution < 1.29 is 22.7 Å². The molecule has 2 saturated heterocycles. The van der Waals surface area contributed by atoms with Crippen LogP contribution in [0.4, 0.5) is 5.95 Å². The van der Waals surface area contributed by atoms with Crippen LogP contribution in [0.25, 0.3) is 0 Å². The van der Waals surface area contributed by atoms with E-state index in [4.69, 9.17) is 4.74 Å². The number of hydrogen-bond donors (Lipinski definition) is 1. The topological polar surface area (TPSA) is 119 Å². The molecule has 1 amide bonds. The van der Waals surface area contributed by atoms with Gasteiger partial charge < -0.3 is 15.0 Å². The Morgan fingerprint density at radius 2 is 2.00 bits per heavy atom. The van der Waals surface area contributed by atoms with Crippen molar-refractivity contribution in [2.75, 3.05) is 29.6 Å². The van der Waals surface area contributed by atoms with E-state index in [9.17, 15) is 18.0 Å². The summed E-state index contributed by atoms with van der Waals surface area (Å²) < 4.78 is 28.0. The van der Waals surface area contributed by atoms with E-state index in [0.29, 0.717) is 25.3 Å². The standard InChI is InChI=1S/C16H22N4O5S/c21-14(19-12-5-9-26(23,24)11-12)10-25-15(22)13-4-1-2-8-20(13)16-17-6-3-7-18-16/h3,6-7,12-13H,1-2,4-5,8-11H2,(H,19,21). The third kappa shape index (κ3) is 4.69. The lowest BCUT2D eigenvalue weighted by molar-refractivity contribution is -0.150. The molecular weight excluding hydrogens is 360 g/mol. The molecule has 1 N–H and O–H groups in total. The minimum absolute atomic E-state index is 0.0611. The number of anilines is 1. The third-order valence-corrected chi connectivity index (χ3v) is 6.29. The van der Waals surface area contributed by atoms with E-state index >= 15 is 0 Å². The first-order valence-corrected chi connectivity index (χ1v) is 10.5. The number of aromatic nitrogens is 2. The Balaban J connectivity index is 1.52. The van der Waals surface area contributed by atoms with Crippen molar-refractivity contribution in [1.29, 1.82) is 0 Å². The zero-order chi connectivity index (χ0) is 18.6. The maximum absolute atomic E-state index is 12.4. The van der Waals surface area contributed by atoms with Crippen LogP contribution < -0.4 is 10.2 Å². The fourth-order valence-corrected chi connectivity index (χ4v) is 4.94. The molecule has 0 bridgehead atoms. The number of rotatable bonds is 5. The van der Waals surface area contributed by atoms with Gasteiger partial charge in [-0.15, -0.1) is 0 Å². The molecule has 0 aliphatic carbocycles. The first kappa shape index (κ1) is 18.6. The Hall–Kier alpha value is -2.23. The molecule has 1 aromatic rings. The molecule has 142 valence electrons. The summed E-state index contributed by atoms with van der Waals surface area (Å²) >= 11 is 0. The number of nitrogens with zero attached hydrogens (tertiary/aromatic N) is 3. The number of piperidine rings is 1. The van der Waals surface area contributed by atoms with E-state index in [0.717, 1.165) is 12.8 Å². The maximum atomic E-state index is 12.4. The van der Waals surface area contributed by atoms with Gasteiger partial charge in [-0.05, 0) is 31.7 Å². The summed E-state index contributed by atoms with van der Waals surface area (Å²) in [7, 11) is -3.07. The minimum Gasteiger partial charge on any atom is -0.454 e. The van der Waals surface area contributed by atoms with Gasteiger partial charge in [0, 0.05) is 25.0 Å². The van der Waals surface area contributed by atoms with E-state index in [2.05, 4.69) is 15.3 Å². The van der Waals surface area contributed by atoms with E-state index in [1.165, 1.54) is 0 Å². The third-order valence-electron chi connectivity index (χ3n) is 4.53. The van der Waals surface area contributed by atoms with E-state index in [-0.39, 0.29) is 11.5 Å². The van der Waals surface area contributed by atoms with E-state index in [1.807, 2.05) is 0 Å². The highest BCUT2D eigenvalue weighted by molar-refractivity contribution is 7.91. The summed E-state index contributed by atoms with van der Waals surface area (Å²) in [5, 5.41) is 2.60. The lowest BCUT2D eigenvalue weighted by atomic mass is 10.0. The molecule has 26 heavy (non-hydrogen) atoms. The molecule has 0 saturated carbocycles. The summed E-state index contributed by atoms with van der Waals surface area (Å²) in [6, 6.07) is 0.773. The molecule has 10 heteroatoms. The number of carbonyl (C=O) groups excluding carboxylic acids is 2. The molecule has 2 aliphatic rings. The van der Waals surface area contributed by atoms with Gasteiger partial charge in [0.15, 0.2) is 16.4 Å². The quantitative estimate of drug-likeness (QED) is 0.689. The van der Waals surface area contributed by atoms with Crippen molar-refractivity contribution in [2.24, 2.45) is 0 Å². The minimum atomic E-state index is -3.07. The van der Waals surface area contributed by atoms with Crippen molar-refractivity contribution in [2.45, 2.75) is 37.8 Å². The second-order valence-corrected chi connectivity index (χ2v) is 8.76. The number of nitrogens with one attached hydrogen (secondary N) is 1. The van der Waals surface area contributed by atoms with Gasteiger partial charge in [-0.1, -0.05) is 0 Å². The van der Waals surface area contributed by atoms with Crippen LogP contribution in [-0.2, 0) is 24.2 Å². The maximum Gasteiger partial charge on any atom is 0.329 e. The molecule has 3 rings (SSSR count). The second-order valence-electron chi connectivity index (χ2n) is 6.53. The van der Waals surface area contributed by atoms with E-state index in [1.54, 1.807) is 23.4 Å². The van der Waals surface area contributed by atoms with Gasteiger partial charge in [0.25, 0.3) is 5.91 Å². The molecule has 2 aliphatic heterocycles. The van der Waals surface area contributed by atoms with Crippen LogP contribution in [0.15, 0.2) is 18.5 Å². The Labute approximate surface area is 152 Å². The molecular formula is C16H22N4O5S.